The molecular weight excluding hydrogens is 248 g/mol. The molecule has 1 fully saturated rings. The van der Waals surface area contributed by atoms with Crippen LogP contribution in [0.4, 0.5) is 0 Å². The average molecular weight is 268 g/mol. The maximum Gasteiger partial charge on any atom is 0.125 e. The summed E-state index contributed by atoms with van der Waals surface area (Å²) in [5, 5.41) is 10.6. The highest BCUT2D eigenvalue weighted by Gasteiger charge is 2.23. The minimum atomic E-state index is -0.633. The van der Waals surface area contributed by atoms with Gasteiger partial charge in [-0.1, -0.05) is 42.5 Å². The third-order valence-electron chi connectivity index (χ3n) is 3.81. The lowest BCUT2D eigenvalue weighted by atomic mass is 9.98. The first-order chi connectivity index (χ1) is 9.79. The number of hydrogen-bond donors (Lipinski definition) is 1. The topological polar surface area (TPSA) is 29.5 Å². The number of rotatable bonds is 5. The van der Waals surface area contributed by atoms with E-state index in [0.29, 0.717) is 6.61 Å². The molecule has 2 aromatic carbocycles. The highest BCUT2D eigenvalue weighted by molar-refractivity contribution is 5.41. The molecular formula is C18H20O2. The Balaban J connectivity index is 1.85. The molecule has 1 unspecified atom stereocenters. The summed E-state index contributed by atoms with van der Waals surface area (Å²) in [6.45, 7) is 2.55. The summed E-state index contributed by atoms with van der Waals surface area (Å²) >= 11 is 0. The molecule has 1 N–H and O–H groups in total. The Kier molecular flexibility index (Phi) is 3.75. The van der Waals surface area contributed by atoms with Gasteiger partial charge in [0.25, 0.3) is 0 Å². The summed E-state index contributed by atoms with van der Waals surface area (Å²) in [4.78, 5) is 0. The van der Waals surface area contributed by atoms with Crippen LogP contribution in [-0.2, 0) is 0 Å². The summed E-state index contributed by atoms with van der Waals surface area (Å²) in [6.07, 6.45) is 1.97. The van der Waals surface area contributed by atoms with Gasteiger partial charge in [0, 0.05) is 5.56 Å². The fraction of sp³-hybridized carbons (Fsp3) is 0.333. The Hall–Kier alpha value is -1.80. The molecule has 20 heavy (non-hydrogen) atoms. The maximum atomic E-state index is 10.6. The van der Waals surface area contributed by atoms with Crippen molar-refractivity contribution in [2.45, 2.75) is 31.8 Å². The van der Waals surface area contributed by atoms with Crippen molar-refractivity contribution in [2.75, 3.05) is 6.61 Å². The van der Waals surface area contributed by atoms with Crippen molar-refractivity contribution in [1.82, 2.24) is 0 Å². The zero-order chi connectivity index (χ0) is 13.9. The Morgan fingerprint density at radius 3 is 2.45 bits per heavy atom. The normalized spacial score (nSPS) is 15.9. The lowest BCUT2D eigenvalue weighted by molar-refractivity contribution is 0.212. The molecule has 0 bridgehead atoms. The summed E-state index contributed by atoms with van der Waals surface area (Å²) in [6, 6.07) is 16.0. The van der Waals surface area contributed by atoms with Crippen LogP contribution in [0.3, 0.4) is 0 Å². The summed E-state index contributed by atoms with van der Waals surface area (Å²) in [7, 11) is 0. The van der Waals surface area contributed by atoms with Gasteiger partial charge in [-0.15, -0.1) is 0 Å². The van der Waals surface area contributed by atoms with Gasteiger partial charge in [-0.2, -0.15) is 0 Å². The van der Waals surface area contributed by atoms with Crippen LogP contribution in [0, 0.1) is 0 Å². The van der Waals surface area contributed by atoms with E-state index in [4.69, 9.17) is 4.74 Å². The molecule has 1 aliphatic carbocycles. The van der Waals surface area contributed by atoms with Gasteiger partial charge in [0.2, 0.25) is 0 Å². The first-order valence-electron chi connectivity index (χ1n) is 7.29. The second-order valence-corrected chi connectivity index (χ2v) is 5.31. The predicted molar refractivity (Wildman–Crippen MR) is 80.1 cm³/mol. The third-order valence-corrected chi connectivity index (χ3v) is 3.81. The van der Waals surface area contributed by atoms with Crippen molar-refractivity contribution < 1.29 is 9.84 Å². The predicted octanol–water partition coefficient (Wildman–Crippen LogP) is 4.04. The highest BCUT2D eigenvalue weighted by atomic mass is 16.5. The Bertz CT molecular complexity index is 570. The molecule has 1 aliphatic rings. The Morgan fingerprint density at radius 2 is 1.80 bits per heavy atom. The number of aliphatic hydroxyl groups excluding tert-OH is 1. The van der Waals surface area contributed by atoms with Crippen molar-refractivity contribution >= 4 is 0 Å². The molecule has 1 saturated carbocycles. The van der Waals surface area contributed by atoms with Crippen molar-refractivity contribution in [2.24, 2.45) is 0 Å². The van der Waals surface area contributed by atoms with Gasteiger partial charge in [0.1, 0.15) is 11.9 Å². The van der Waals surface area contributed by atoms with E-state index in [0.717, 1.165) is 22.8 Å². The highest BCUT2D eigenvalue weighted by Crippen LogP contribution is 2.40. The van der Waals surface area contributed by atoms with Gasteiger partial charge in [-0.3, -0.25) is 0 Å². The zero-order valence-electron chi connectivity index (χ0n) is 11.8. The standard InChI is InChI=1S/C18H20O2/c1-2-20-17-6-4-3-5-16(17)18(19)15-11-9-14(10-12-15)13-7-8-13/h3-6,9-13,18-19H,2,7-8H2,1H3. The molecule has 104 valence electrons. The monoisotopic (exact) mass is 268 g/mol. The third kappa shape index (κ3) is 2.70. The molecule has 2 nitrogen and oxygen atoms in total. The molecule has 3 rings (SSSR count). The SMILES string of the molecule is CCOc1ccccc1C(O)c1ccc(C2CC2)cc1. The van der Waals surface area contributed by atoms with Crippen LogP contribution in [-0.4, -0.2) is 11.7 Å². The number of para-hydroxylation sites is 1. The molecule has 0 amide bonds. The van der Waals surface area contributed by atoms with Crippen molar-refractivity contribution in [3.05, 3.63) is 65.2 Å². The number of aliphatic hydroxyl groups is 1. The first kappa shape index (κ1) is 13.2. The van der Waals surface area contributed by atoms with E-state index in [-0.39, 0.29) is 0 Å². The van der Waals surface area contributed by atoms with Crippen LogP contribution >= 0.6 is 0 Å². The summed E-state index contributed by atoms with van der Waals surface area (Å²) in [5.41, 5.74) is 3.13. The number of hydrogen-bond acceptors (Lipinski definition) is 2. The quantitative estimate of drug-likeness (QED) is 0.886. The van der Waals surface area contributed by atoms with Gasteiger partial charge in [-0.05, 0) is 42.9 Å². The van der Waals surface area contributed by atoms with E-state index in [2.05, 4.69) is 12.1 Å². The molecule has 1 atom stereocenters. The molecule has 2 aromatic rings. The zero-order valence-corrected chi connectivity index (χ0v) is 11.8. The van der Waals surface area contributed by atoms with Crippen LogP contribution in [0.5, 0.6) is 5.75 Å². The van der Waals surface area contributed by atoms with Crippen LogP contribution in [0.25, 0.3) is 0 Å². The van der Waals surface area contributed by atoms with Crippen LogP contribution < -0.4 is 4.74 Å². The van der Waals surface area contributed by atoms with Crippen molar-refractivity contribution in [3.8, 4) is 5.75 Å². The number of benzene rings is 2. The van der Waals surface area contributed by atoms with Gasteiger partial charge in [-0.25, -0.2) is 0 Å². The van der Waals surface area contributed by atoms with E-state index in [1.807, 2.05) is 43.3 Å². The van der Waals surface area contributed by atoms with Crippen LogP contribution in [0.1, 0.15) is 48.5 Å². The molecule has 0 aromatic heterocycles. The Labute approximate surface area is 120 Å². The van der Waals surface area contributed by atoms with Gasteiger partial charge < -0.3 is 9.84 Å². The molecule has 0 heterocycles. The average Bonchev–Trinajstić information content (AvgIpc) is 3.32. The molecule has 0 spiro atoms. The first-order valence-corrected chi connectivity index (χ1v) is 7.29. The minimum absolute atomic E-state index is 0.602. The van der Waals surface area contributed by atoms with Gasteiger partial charge in [0.15, 0.2) is 0 Å². The second kappa shape index (κ2) is 5.68. The van der Waals surface area contributed by atoms with E-state index in [9.17, 15) is 5.11 Å². The summed E-state index contributed by atoms with van der Waals surface area (Å²) in [5.74, 6) is 1.51. The fourth-order valence-electron chi connectivity index (χ4n) is 2.54. The molecule has 0 saturated heterocycles. The lowest BCUT2D eigenvalue weighted by Crippen LogP contribution is -2.04. The van der Waals surface area contributed by atoms with Crippen LogP contribution in [0.2, 0.25) is 0 Å². The molecule has 0 radical (unpaired) electrons. The lowest BCUT2D eigenvalue weighted by Gasteiger charge is -2.16. The van der Waals surface area contributed by atoms with Gasteiger partial charge in [0.05, 0.1) is 6.61 Å². The molecule has 2 heteroatoms. The fourth-order valence-corrected chi connectivity index (χ4v) is 2.54. The van der Waals surface area contributed by atoms with Gasteiger partial charge >= 0.3 is 0 Å². The van der Waals surface area contributed by atoms with E-state index in [1.165, 1.54) is 18.4 Å². The minimum Gasteiger partial charge on any atom is -0.493 e. The van der Waals surface area contributed by atoms with E-state index < -0.39 is 6.10 Å². The number of ether oxygens (including phenoxy) is 1. The molecule has 0 aliphatic heterocycles. The second-order valence-electron chi connectivity index (χ2n) is 5.31. The van der Waals surface area contributed by atoms with Crippen molar-refractivity contribution in [1.29, 1.82) is 0 Å². The van der Waals surface area contributed by atoms with Crippen molar-refractivity contribution in [3.63, 3.8) is 0 Å². The Morgan fingerprint density at radius 1 is 1.10 bits per heavy atom. The summed E-state index contributed by atoms with van der Waals surface area (Å²) < 4.78 is 5.59. The van der Waals surface area contributed by atoms with E-state index >= 15 is 0 Å². The van der Waals surface area contributed by atoms with Crippen LogP contribution in [0.15, 0.2) is 48.5 Å². The van der Waals surface area contributed by atoms with E-state index in [1.54, 1.807) is 0 Å². The largest absolute Gasteiger partial charge is 0.493 e. The smallest absolute Gasteiger partial charge is 0.125 e. The maximum absolute atomic E-state index is 10.6.